The van der Waals surface area contributed by atoms with Crippen molar-refractivity contribution in [1.82, 2.24) is 15.5 Å². The molecule has 6 nitrogen and oxygen atoms in total. The molecule has 1 saturated heterocycles. The summed E-state index contributed by atoms with van der Waals surface area (Å²) >= 11 is 0. The Bertz CT molecular complexity index is 823. The molecule has 2 aliphatic carbocycles. The van der Waals surface area contributed by atoms with Gasteiger partial charge in [-0.1, -0.05) is 30.4 Å². The van der Waals surface area contributed by atoms with Gasteiger partial charge in [0.25, 0.3) is 0 Å². The number of hydrogen-bond acceptors (Lipinski definition) is 3. The van der Waals surface area contributed by atoms with Crippen LogP contribution in [0.3, 0.4) is 0 Å². The molecule has 7 heteroatoms. The maximum absolute atomic E-state index is 13.7. The third kappa shape index (κ3) is 3.78. The highest BCUT2D eigenvalue weighted by Gasteiger charge is 2.58. The van der Waals surface area contributed by atoms with E-state index in [9.17, 15) is 14.0 Å². The van der Waals surface area contributed by atoms with E-state index in [1.165, 1.54) is 11.0 Å². The minimum absolute atomic E-state index is 0.00393. The predicted molar refractivity (Wildman–Crippen MR) is 109 cm³/mol. The predicted octanol–water partition coefficient (Wildman–Crippen LogP) is 1.73. The number of aliphatic imine (C=N–C) groups is 1. The van der Waals surface area contributed by atoms with Gasteiger partial charge in [0, 0.05) is 26.7 Å². The molecule has 0 aromatic heterocycles. The van der Waals surface area contributed by atoms with E-state index >= 15 is 0 Å². The number of halogens is 1. The molecule has 1 aromatic carbocycles. The van der Waals surface area contributed by atoms with Gasteiger partial charge in [-0.25, -0.2) is 4.39 Å². The van der Waals surface area contributed by atoms with Crippen LogP contribution in [0.5, 0.6) is 0 Å². The van der Waals surface area contributed by atoms with E-state index in [0.29, 0.717) is 44.0 Å². The van der Waals surface area contributed by atoms with Gasteiger partial charge in [-0.2, -0.15) is 0 Å². The highest BCUT2D eigenvalue weighted by Crippen LogP contribution is 2.52. The minimum Gasteiger partial charge on any atom is -0.356 e. The molecule has 1 saturated carbocycles. The summed E-state index contributed by atoms with van der Waals surface area (Å²) in [7, 11) is 1.68. The Hall–Kier alpha value is -2.70. The van der Waals surface area contributed by atoms with Crippen LogP contribution in [0.25, 0.3) is 0 Å². The number of rotatable bonds is 7. The molecule has 1 heterocycles. The van der Waals surface area contributed by atoms with Crippen molar-refractivity contribution >= 4 is 17.8 Å². The average molecular weight is 398 g/mol. The van der Waals surface area contributed by atoms with E-state index in [2.05, 4.69) is 27.8 Å². The van der Waals surface area contributed by atoms with Crippen LogP contribution in [0.15, 0.2) is 41.4 Å². The fourth-order valence-corrected chi connectivity index (χ4v) is 4.87. The largest absolute Gasteiger partial charge is 0.356 e. The zero-order chi connectivity index (χ0) is 20.4. The molecule has 1 aromatic rings. The van der Waals surface area contributed by atoms with E-state index in [1.807, 2.05) is 6.07 Å². The summed E-state index contributed by atoms with van der Waals surface area (Å²) in [5.41, 5.74) is 0.663. The molecular formula is C22H27FN4O2. The van der Waals surface area contributed by atoms with Gasteiger partial charge in [0.2, 0.25) is 11.8 Å². The van der Waals surface area contributed by atoms with Crippen LogP contribution in [-0.4, -0.2) is 49.4 Å². The number of benzene rings is 1. The van der Waals surface area contributed by atoms with Crippen LogP contribution < -0.4 is 10.6 Å². The van der Waals surface area contributed by atoms with E-state index in [4.69, 9.17) is 0 Å². The van der Waals surface area contributed by atoms with Crippen LogP contribution in [0, 0.1) is 29.5 Å². The van der Waals surface area contributed by atoms with Gasteiger partial charge in [-0.05, 0) is 42.7 Å². The molecule has 4 unspecified atom stereocenters. The fraction of sp³-hybridized carbons (Fsp3) is 0.500. The number of fused-ring (bicyclic) bond motifs is 5. The first-order valence-electron chi connectivity index (χ1n) is 10.3. The van der Waals surface area contributed by atoms with E-state index in [0.717, 1.165) is 6.42 Å². The molecule has 2 amide bonds. The topological polar surface area (TPSA) is 73.8 Å². The van der Waals surface area contributed by atoms with Crippen molar-refractivity contribution in [2.24, 2.45) is 28.7 Å². The van der Waals surface area contributed by atoms with Gasteiger partial charge in [0.05, 0.1) is 11.8 Å². The maximum atomic E-state index is 13.7. The summed E-state index contributed by atoms with van der Waals surface area (Å²) in [6.45, 7) is 1.59. The summed E-state index contributed by atoms with van der Waals surface area (Å²) in [5.74, 6) is 0.680. The third-order valence-electron chi connectivity index (χ3n) is 6.28. The molecule has 0 radical (unpaired) electrons. The number of imide groups is 1. The highest BCUT2D eigenvalue weighted by atomic mass is 19.1. The van der Waals surface area contributed by atoms with Crippen molar-refractivity contribution in [2.75, 3.05) is 26.7 Å². The zero-order valence-corrected chi connectivity index (χ0v) is 16.6. The Morgan fingerprint density at radius 1 is 1.10 bits per heavy atom. The second kappa shape index (κ2) is 8.35. The van der Waals surface area contributed by atoms with Gasteiger partial charge >= 0.3 is 0 Å². The van der Waals surface area contributed by atoms with Crippen LogP contribution in [0.2, 0.25) is 0 Å². The van der Waals surface area contributed by atoms with Crippen molar-refractivity contribution in [1.29, 1.82) is 0 Å². The molecule has 2 bridgehead atoms. The Labute approximate surface area is 170 Å². The fourth-order valence-electron chi connectivity index (χ4n) is 4.87. The molecule has 0 spiro atoms. The molecule has 2 fully saturated rings. The first-order valence-corrected chi connectivity index (χ1v) is 10.3. The van der Waals surface area contributed by atoms with Crippen LogP contribution >= 0.6 is 0 Å². The van der Waals surface area contributed by atoms with Crippen molar-refractivity contribution in [3.05, 3.63) is 47.8 Å². The molecule has 29 heavy (non-hydrogen) atoms. The van der Waals surface area contributed by atoms with Gasteiger partial charge < -0.3 is 10.6 Å². The highest BCUT2D eigenvalue weighted by molar-refractivity contribution is 6.06. The third-order valence-corrected chi connectivity index (χ3v) is 6.28. The lowest BCUT2D eigenvalue weighted by atomic mass is 9.85. The monoisotopic (exact) mass is 398 g/mol. The number of amides is 2. The summed E-state index contributed by atoms with van der Waals surface area (Å²) < 4.78 is 13.7. The SMILES string of the molecule is CN=C(NCCCN1C(=O)C2C3C=CC(C3)C2C1=O)NCCc1ccccc1F. The number of guanidine groups is 1. The second-order valence-electron chi connectivity index (χ2n) is 7.95. The lowest BCUT2D eigenvalue weighted by Crippen LogP contribution is -2.40. The number of carbonyl (C=O) groups is 2. The van der Waals surface area contributed by atoms with Crippen LogP contribution in [0.1, 0.15) is 18.4 Å². The second-order valence-corrected chi connectivity index (χ2v) is 7.95. The maximum Gasteiger partial charge on any atom is 0.233 e. The molecule has 4 atom stereocenters. The van der Waals surface area contributed by atoms with Crippen LogP contribution in [0.4, 0.5) is 4.39 Å². The normalized spacial score (nSPS) is 27.7. The quantitative estimate of drug-likeness (QED) is 0.241. The standard InChI is InChI=1S/C22H27FN4O2/c1-24-22(26-11-9-14-5-2-3-6-17(14)23)25-10-4-12-27-20(28)18-15-7-8-16(13-15)19(18)21(27)29/h2-3,5-8,15-16,18-19H,4,9-13H2,1H3,(H2,24,25,26). The van der Waals surface area contributed by atoms with E-state index < -0.39 is 0 Å². The Kier molecular flexibility index (Phi) is 5.65. The average Bonchev–Trinajstić information content (AvgIpc) is 3.40. The van der Waals surface area contributed by atoms with Crippen LogP contribution in [-0.2, 0) is 16.0 Å². The molecule has 4 rings (SSSR count). The molecule has 1 aliphatic heterocycles. The number of hydrogen-bond donors (Lipinski definition) is 2. The van der Waals surface area contributed by atoms with Gasteiger partial charge in [0.1, 0.15) is 5.82 Å². The van der Waals surface area contributed by atoms with Crippen molar-refractivity contribution in [2.45, 2.75) is 19.3 Å². The summed E-state index contributed by atoms with van der Waals surface area (Å²) in [4.78, 5) is 30.9. The van der Waals surface area contributed by atoms with E-state index in [1.54, 1.807) is 19.2 Å². The number of carbonyl (C=O) groups excluding carboxylic acids is 2. The van der Waals surface area contributed by atoms with Gasteiger partial charge in [-0.3, -0.25) is 19.5 Å². The first-order chi connectivity index (χ1) is 14.1. The molecule has 154 valence electrons. The molecule has 3 aliphatic rings. The number of allylic oxidation sites excluding steroid dienone is 2. The van der Waals surface area contributed by atoms with Crippen molar-refractivity contribution in [3.63, 3.8) is 0 Å². The molecular weight excluding hydrogens is 371 g/mol. The number of nitrogens with zero attached hydrogens (tertiary/aromatic N) is 2. The zero-order valence-electron chi connectivity index (χ0n) is 16.6. The van der Waals surface area contributed by atoms with Gasteiger partial charge in [0.15, 0.2) is 5.96 Å². The van der Waals surface area contributed by atoms with Crippen molar-refractivity contribution < 1.29 is 14.0 Å². The Morgan fingerprint density at radius 2 is 1.76 bits per heavy atom. The lowest BCUT2D eigenvalue weighted by molar-refractivity contribution is -0.140. The van der Waals surface area contributed by atoms with Crippen molar-refractivity contribution in [3.8, 4) is 0 Å². The summed E-state index contributed by atoms with van der Waals surface area (Å²) in [5, 5.41) is 6.35. The molecule has 2 N–H and O–H groups in total. The smallest absolute Gasteiger partial charge is 0.233 e. The van der Waals surface area contributed by atoms with E-state index in [-0.39, 0.29) is 41.3 Å². The summed E-state index contributed by atoms with van der Waals surface area (Å²) in [6.07, 6.45) is 6.40. The summed E-state index contributed by atoms with van der Waals surface area (Å²) in [6, 6.07) is 6.73. The number of nitrogens with one attached hydrogen (secondary N) is 2. The Balaban J connectivity index is 1.19. The Morgan fingerprint density at radius 3 is 2.41 bits per heavy atom. The first kappa shape index (κ1) is 19.6. The minimum atomic E-state index is -0.203. The lowest BCUT2D eigenvalue weighted by Gasteiger charge is -2.18. The van der Waals surface area contributed by atoms with Gasteiger partial charge in [-0.15, -0.1) is 0 Å². The number of likely N-dealkylation sites (tertiary alicyclic amines) is 1.